The molecular formula is C11H22N2O4. The number of nitrogens with zero attached hydrogens (tertiary/aromatic N) is 1. The lowest BCUT2D eigenvalue weighted by atomic mass is 10.2. The van der Waals surface area contributed by atoms with E-state index in [4.69, 9.17) is 9.84 Å². The Balaban J connectivity index is 3.47. The number of ether oxygens (including phenoxy) is 1. The number of carbonyl (C=O) groups is 2. The smallest absolute Gasteiger partial charge is 0.329 e. The molecule has 6 heteroatoms. The number of aliphatic carboxylic acids is 1. The molecule has 17 heavy (non-hydrogen) atoms. The number of unbranched alkanes of at least 4 members (excludes halogenated alkanes) is 2. The molecule has 0 heterocycles. The third kappa shape index (κ3) is 9.62. The van der Waals surface area contributed by atoms with Crippen LogP contribution in [0.3, 0.4) is 0 Å². The Bertz CT molecular complexity index is 234. The highest BCUT2D eigenvalue weighted by atomic mass is 16.5. The normalized spacial score (nSPS) is 10.0. The number of carboxylic acid groups (broad SMARTS) is 1. The molecule has 0 aliphatic rings. The van der Waals surface area contributed by atoms with E-state index in [2.05, 4.69) is 12.2 Å². The highest BCUT2D eigenvalue weighted by molar-refractivity contribution is 5.73. The van der Waals surface area contributed by atoms with Crippen molar-refractivity contribution < 1.29 is 19.4 Å². The standard InChI is InChI=1S/C11H22N2O4/c1-3-4-5-7-13(2)11(16)12-6-8-17-9-10(14)15/h3-9H2,1-2H3,(H,12,16)(H,14,15). The van der Waals surface area contributed by atoms with Gasteiger partial charge in [0.1, 0.15) is 6.61 Å². The van der Waals surface area contributed by atoms with Crippen LogP contribution in [0.1, 0.15) is 26.2 Å². The van der Waals surface area contributed by atoms with Crippen molar-refractivity contribution in [3.05, 3.63) is 0 Å². The van der Waals surface area contributed by atoms with E-state index in [0.717, 1.165) is 25.8 Å². The summed E-state index contributed by atoms with van der Waals surface area (Å²) in [6.07, 6.45) is 3.23. The van der Waals surface area contributed by atoms with E-state index < -0.39 is 5.97 Å². The van der Waals surface area contributed by atoms with E-state index in [-0.39, 0.29) is 19.2 Å². The summed E-state index contributed by atoms with van der Waals surface area (Å²) in [4.78, 5) is 23.2. The maximum atomic E-state index is 11.5. The van der Waals surface area contributed by atoms with Gasteiger partial charge in [-0.05, 0) is 6.42 Å². The third-order valence-electron chi connectivity index (χ3n) is 2.19. The van der Waals surface area contributed by atoms with Gasteiger partial charge in [0, 0.05) is 20.1 Å². The Hall–Kier alpha value is -1.30. The van der Waals surface area contributed by atoms with Gasteiger partial charge in [-0.1, -0.05) is 19.8 Å². The van der Waals surface area contributed by atoms with Crippen molar-refractivity contribution >= 4 is 12.0 Å². The van der Waals surface area contributed by atoms with Crippen LogP contribution in [-0.2, 0) is 9.53 Å². The summed E-state index contributed by atoms with van der Waals surface area (Å²) in [7, 11) is 1.74. The molecule has 2 N–H and O–H groups in total. The van der Waals surface area contributed by atoms with Gasteiger partial charge in [0.15, 0.2) is 0 Å². The molecule has 0 aromatic carbocycles. The molecule has 0 aromatic heterocycles. The summed E-state index contributed by atoms with van der Waals surface area (Å²) in [5.74, 6) is -1.01. The average Bonchev–Trinajstić information content (AvgIpc) is 2.28. The van der Waals surface area contributed by atoms with Crippen LogP contribution in [0.15, 0.2) is 0 Å². The van der Waals surface area contributed by atoms with Crippen molar-refractivity contribution in [2.24, 2.45) is 0 Å². The maximum Gasteiger partial charge on any atom is 0.329 e. The molecule has 100 valence electrons. The van der Waals surface area contributed by atoms with Gasteiger partial charge in [0.25, 0.3) is 0 Å². The van der Waals surface area contributed by atoms with Crippen LogP contribution in [0.2, 0.25) is 0 Å². The van der Waals surface area contributed by atoms with Crippen molar-refractivity contribution in [3.8, 4) is 0 Å². The topological polar surface area (TPSA) is 78.9 Å². The number of urea groups is 1. The van der Waals surface area contributed by atoms with Crippen LogP contribution >= 0.6 is 0 Å². The molecule has 0 aliphatic carbocycles. The number of hydrogen-bond donors (Lipinski definition) is 2. The number of carboxylic acids is 1. The van der Waals surface area contributed by atoms with Gasteiger partial charge in [-0.3, -0.25) is 0 Å². The third-order valence-corrected chi connectivity index (χ3v) is 2.19. The Morgan fingerprint density at radius 1 is 1.35 bits per heavy atom. The van der Waals surface area contributed by atoms with Gasteiger partial charge in [-0.2, -0.15) is 0 Å². The van der Waals surface area contributed by atoms with Crippen LogP contribution in [0.25, 0.3) is 0 Å². The molecule has 0 aliphatic heterocycles. The lowest BCUT2D eigenvalue weighted by molar-refractivity contribution is -0.142. The van der Waals surface area contributed by atoms with Gasteiger partial charge >= 0.3 is 12.0 Å². The summed E-state index contributed by atoms with van der Waals surface area (Å²) in [6, 6.07) is -0.153. The molecule has 0 fully saturated rings. The fourth-order valence-corrected chi connectivity index (χ4v) is 1.23. The Morgan fingerprint density at radius 3 is 2.65 bits per heavy atom. The van der Waals surface area contributed by atoms with E-state index in [1.807, 2.05) is 0 Å². The lowest BCUT2D eigenvalue weighted by Gasteiger charge is -2.17. The summed E-state index contributed by atoms with van der Waals surface area (Å²) in [5, 5.41) is 11.0. The summed E-state index contributed by atoms with van der Waals surface area (Å²) in [5.41, 5.74) is 0. The molecule has 0 bridgehead atoms. The van der Waals surface area contributed by atoms with E-state index in [1.165, 1.54) is 0 Å². The fraction of sp³-hybridized carbons (Fsp3) is 0.818. The van der Waals surface area contributed by atoms with Gasteiger partial charge in [0.05, 0.1) is 6.61 Å². The largest absolute Gasteiger partial charge is 0.480 e. The number of nitrogens with one attached hydrogen (secondary N) is 1. The molecule has 0 spiro atoms. The summed E-state index contributed by atoms with van der Waals surface area (Å²) < 4.78 is 4.79. The lowest BCUT2D eigenvalue weighted by Crippen LogP contribution is -2.39. The molecular weight excluding hydrogens is 224 g/mol. The van der Waals surface area contributed by atoms with E-state index >= 15 is 0 Å². The zero-order chi connectivity index (χ0) is 13.1. The predicted octanol–water partition coefficient (Wildman–Crippen LogP) is 0.919. The minimum absolute atomic E-state index is 0.153. The Labute approximate surface area is 102 Å². The molecule has 0 rings (SSSR count). The highest BCUT2D eigenvalue weighted by Crippen LogP contribution is 1.96. The number of hydrogen-bond acceptors (Lipinski definition) is 3. The van der Waals surface area contributed by atoms with E-state index in [9.17, 15) is 9.59 Å². The SMILES string of the molecule is CCCCCN(C)C(=O)NCCOCC(=O)O. The molecule has 0 saturated heterocycles. The second-order valence-corrected chi connectivity index (χ2v) is 3.81. The summed E-state index contributed by atoms with van der Waals surface area (Å²) >= 11 is 0. The summed E-state index contributed by atoms with van der Waals surface area (Å²) in [6.45, 7) is 3.04. The van der Waals surface area contributed by atoms with Crippen LogP contribution in [0, 0.1) is 0 Å². The monoisotopic (exact) mass is 246 g/mol. The minimum Gasteiger partial charge on any atom is -0.480 e. The van der Waals surface area contributed by atoms with Gasteiger partial charge < -0.3 is 20.1 Å². The Morgan fingerprint density at radius 2 is 2.06 bits per heavy atom. The first-order valence-corrected chi connectivity index (χ1v) is 5.86. The molecule has 0 unspecified atom stereocenters. The first-order valence-electron chi connectivity index (χ1n) is 5.86. The van der Waals surface area contributed by atoms with Crippen molar-refractivity contribution in [1.29, 1.82) is 0 Å². The zero-order valence-electron chi connectivity index (χ0n) is 10.6. The predicted molar refractivity (Wildman–Crippen MR) is 64.0 cm³/mol. The minimum atomic E-state index is -1.01. The van der Waals surface area contributed by atoms with Crippen LogP contribution in [-0.4, -0.2) is 55.4 Å². The van der Waals surface area contributed by atoms with Gasteiger partial charge in [-0.25, -0.2) is 9.59 Å². The fourth-order valence-electron chi connectivity index (χ4n) is 1.23. The molecule has 2 amide bonds. The molecule has 6 nitrogen and oxygen atoms in total. The first kappa shape index (κ1) is 15.7. The molecule has 0 atom stereocenters. The maximum absolute atomic E-state index is 11.5. The van der Waals surface area contributed by atoms with Crippen molar-refractivity contribution in [3.63, 3.8) is 0 Å². The van der Waals surface area contributed by atoms with Crippen LogP contribution in [0.4, 0.5) is 4.79 Å². The molecule has 0 saturated carbocycles. The highest BCUT2D eigenvalue weighted by Gasteiger charge is 2.06. The number of carbonyl (C=O) groups excluding carboxylic acids is 1. The quantitative estimate of drug-likeness (QED) is 0.593. The zero-order valence-corrected chi connectivity index (χ0v) is 10.6. The number of amides is 2. The van der Waals surface area contributed by atoms with Crippen molar-refractivity contribution in [1.82, 2.24) is 10.2 Å². The van der Waals surface area contributed by atoms with Gasteiger partial charge in [-0.15, -0.1) is 0 Å². The Kier molecular flexibility index (Phi) is 9.14. The van der Waals surface area contributed by atoms with Crippen LogP contribution < -0.4 is 5.32 Å². The van der Waals surface area contributed by atoms with E-state index in [0.29, 0.717) is 6.54 Å². The van der Waals surface area contributed by atoms with Gasteiger partial charge in [0.2, 0.25) is 0 Å². The van der Waals surface area contributed by atoms with Crippen molar-refractivity contribution in [2.45, 2.75) is 26.2 Å². The first-order chi connectivity index (χ1) is 8.07. The van der Waals surface area contributed by atoms with Crippen LogP contribution in [0.5, 0.6) is 0 Å². The second-order valence-electron chi connectivity index (χ2n) is 3.81. The average molecular weight is 246 g/mol. The molecule has 0 aromatic rings. The van der Waals surface area contributed by atoms with Crippen molar-refractivity contribution in [2.75, 3.05) is 33.4 Å². The second kappa shape index (κ2) is 9.89. The van der Waals surface area contributed by atoms with E-state index in [1.54, 1.807) is 11.9 Å². The molecule has 0 radical (unpaired) electrons. The number of rotatable bonds is 9.